The SMILES string of the molecule is C1=CCC(c2ccc(-c3ccccc3)n2-c2ccc3c(-c4ccccc4)c4ccccc4c(-c4ccccc4)c3c2)C=C1. The van der Waals surface area contributed by atoms with Crippen molar-refractivity contribution in [3.05, 3.63) is 176 Å². The molecule has 0 bridgehead atoms. The Kier molecular flexibility index (Phi) is 6.35. The van der Waals surface area contributed by atoms with Gasteiger partial charge in [0.1, 0.15) is 0 Å². The number of aromatic nitrogens is 1. The van der Waals surface area contributed by atoms with Gasteiger partial charge >= 0.3 is 0 Å². The summed E-state index contributed by atoms with van der Waals surface area (Å²) < 4.78 is 2.48. The summed E-state index contributed by atoms with van der Waals surface area (Å²) in [6.07, 6.45) is 9.94. The predicted octanol–water partition coefficient (Wildman–Crippen LogP) is 11.4. The van der Waals surface area contributed by atoms with Gasteiger partial charge < -0.3 is 4.57 Å². The molecule has 1 heterocycles. The van der Waals surface area contributed by atoms with Gasteiger partial charge in [0.2, 0.25) is 0 Å². The molecule has 0 aliphatic heterocycles. The number of rotatable bonds is 5. The fraction of sp³-hybridized carbons (Fsp3) is 0.0476. The molecule has 1 nitrogen and oxygen atoms in total. The molecule has 7 aromatic rings. The zero-order chi connectivity index (χ0) is 28.6. The standard InChI is InChI=1S/C42H31N/c1-5-15-30(16-6-1)39-27-28-40(31-17-7-2-8-18-31)43(39)34-25-26-37-38(29-34)42(33-21-11-4-12-22-33)36-24-14-13-23-35(36)41(37)32-19-9-3-10-20-32/h1-17,19-29,31H,18H2. The Labute approximate surface area is 252 Å². The van der Waals surface area contributed by atoms with Crippen LogP contribution in [0.1, 0.15) is 18.0 Å². The van der Waals surface area contributed by atoms with E-state index in [0.29, 0.717) is 5.92 Å². The minimum atomic E-state index is 0.322. The summed E-state index contributed by atoms with van der Waals surface area (Å²) >= 11 is 0. The lowest BCUT2D eigenvalue weighted by Gasteiger charge is -2.22. The maximum atomic E-state index is 2.48. The molecule has 0 radical (unpaired) electrons. The molecular weight excluding hydrogens is 518 g/mol. The number of allylic oxidation sites excluding steroid dienone is 4. The highest BCUT2D eigenvalue weighted by Gasteiger charge is 2.21. The molecule has 0 saturated heterocycles. The molecule has 1 atom stereocenters. The van der Waals surface area contributed by atoms with E-state index in [1.165, 1.54) is 66.4 Å². The number of hydrogen-bond acceptors (Lipinski definition) is 0. The van der Waals surface area contributed by atoms with Crippen molar-refractivity contribution in [2.75, 3.05) is 0 Å². The minimum Gasteiger partial charge on any atom is -0.313 e. The van der Waals surface area contributed by atoms with E-state index in [1.807, 2.05) is 0 Å². The van der Waals surface area contributed by atoms with Crippen LogP contribution in [0.5, 0.6) is 0 Å². The second kappa shape index (κ2) is 10.8. The van der Waals surface area contributed by atoms with Gasteiger partial charge in [0, 0.05) is 17.3 Å². The first kappa shape index (κ1) is 25.3. The largest absolute Gasteiger partial charge is 0.313 e. The lowest BCUT2D eigenvalue weighted by molar-refractivity contribution is 0.786. The Morgan fingerprint density at radius 2 is 1.02 bits per heavy atom. The topological polar surface area (TPSA) is 4.93 Å². The molecule has 6 aromatic carbocycles. The van der Waals surface area contributed by atoms with Crippen LogP contribution in [0.3, 0.4) is 0 Å². The second-order valence-corrected chi connectivity index (χ2v) is 11.3. The van der Waals surface area contributed by atoms with Crippen LogP contribution < -0.4 is 0 Å². The highest BCUT2D eigenvalue weighted by Crippen LogP contribution is 2.45. The van der Waals surface area contributed by atoms with Gasteiger partial charge in [-0.2, -0.15) is 0 Å². The lowest BCUT2D eigenvalue weighted by atomic mass is 9.86. The number of fused-ring (bicyclic) bond motifs is 2. The quantitative estimate of drug-likeness (QED) is 0.188. The van der Waals surface area contributed by atoms with Crippen LogP contribution in [-0.2, 0) is 0 Å². The van der Waals surface area contributed by atoms with Crippen LogP contribution in [0.25, 0.3) is 60.7 Å². The molecule has 1 unspecified atom stereocenters. The third-order valence-corrected chi connectivity index (χ3v) is 8.73. The third kappa shape index (κ3) is 4.42. The summed E-state index contributed by atoms with van der Waals surface area (Å²) in [4.78, 5) is 0. The normalized spacial score (nSPS) is 14.5. The van der Waals surface area contributed by atoms with Gasteiger partial charge in [-0.15, -0.1) is 0 Å². The van der Waals surface area contributed by atoms with E-state index in [-0.39, 0.29) is 0 Å². The van der Waals surface area contributed by atoms with Gasteiger partial charge in [-0.25, -0.2) is 0 Å². The van der Waals surface area contributed by atoms with E-state index in [0.717, 1.165) is 6.42 Å². The summed E-state index contributed by atoms with van der Waals surface area (Å²) in [5, 5.41) is 5.08. The lowest BCUT2D eigenvalue weighted by Crippen LogP contribution is -2.07. The van der Waals surface area contributed by atoms with Crippen LogP contribution in [0, 0.1) is 0 Å². The van der Waals surface area contributed by atoms with Crippen molar-refractivity contribution >= 4 is 21.5 Å². The average molecular weight is 550 g/mol. The molecule has 0 amide bonds. The molecule has 0 N–H and O–H groups in total. The van der Waals surface area contributed by atoms with E-state index >= 15 is 0 Å². The second-order valence-electron chi connectivity index (χ2n) is 11.3. The van der Waals surface area contributed by atoms with Crippen LogP contribution in [-0.4, -0.2) is 4.57 Å². The van der Waals surface area contributed by atoms with Crippen molar-refractivity contribution in [1.29, 1.82) is 0 Å². The van der Waals surface area contributed by atoms with Crippen molar-refractivity contribution < 1.29 is 0 Å². The van der Waals surface area contributed by atoms with E-state index in [9.17, 15) is 0 Å². The van der Waals surface area contributed by atoms with Gasteiger partial charge in [-0.05, 0) is 80.0 Å². The van der Waals surface area contributed by atoms with Crippen LogP contribution in [0.4, 0.5) is 0 Å². The molecule has 8 rings (SSSR count). The van der Waals surface area contributed by atoms with Crippen molar-refractivity contribution in [2.24, 2.45) is 0 Å². The molecular formula is C42H31N. The molecule has 43 heavy (non-hydrogen) atoms. The number of benzene rings is 6. The van der Waals surface area contributed by atoms with Gasteiger partial charge in [-0.3, -0.25) is 0 Å². The zero-order valence-corrected chi connectivity index (χ0v) is 23.9. The smallest absolute Gasteiger partial charge is 0.0531 e. The highest BCUT2D eigenvalue weighted by atomic mass is 15.0. The maximum absolute atomic E-state index is 2.48. The summed E-state index contributed by atoms with van der Waals surface area (Å²) in [6, 6.07) is 53.1. The van der Waals surface area contributed by atoms with Crippen molar-refractivity contribution in [2.45, 2.75) is 12.3 Å². The van der Waals surface area contributed by atoms with E-state index in [1.54, 1.807) is 0 Å². The van der Waals surface area contributed by atoms with Crippen LogP contribution in [0.15, 0.2) is 170 Å². The summed E-state index contributed by atoms with van der Waals surface area (Å²) in [6.45, 7) is 0. The highest BCUT2D eigenvalue weighted by molar-refractivity contribution is 6.21. The van der Waals surface area contributed by atoms with Gasteiger partial charge in [-0.1, -0.05) is 146 Å². The van der Waals surface area contributed by atoms with E-state index in [2.05, 4.69) is 174 Å². The predicted molar refractivity (Wildman–Crippen MR) is 183 cm³/mol. The molecule has 1 heteroatoms. The summed E-state index contributed by atoms with van der Waals surface area (Å²) in [7, 11) is 0. The molecule has 0 spiro atoms. The number of hydrogen-bond donors (Lipinski definition) is 0. The molecule has 1 aliphatic rings. The van der Waals surface area contributed by atoms with Gasteiger partial charge in [0.15, 0.2) is 0 Å². The summed E-state index contributed by atoms with van der Waals surface area (Å²) in [5.74, 6) is 0.322. The van der Waals surface area contributed by atoms with E-state index < -0.39 is 0 Å². The van der Waals surface area contributed by atoms with Gasteiger partial charge in [0.05, 0.1) is 5.69 Å². The average Bonchev–Trinajstić information content (AvgIpc) is 3.54. The Morgan fingerprint density at radius 3 is 1.63 bits per heavy atom. The first-order valence-corrected chi connectivity index (χ1v) is 15.1. The van der Waals surface area contributed by atoms with Gasteiger partial charge in [0.25, 0.3) is 0 Å². The monoisotopic (exact) mass is 549 g/mol. The maximum Gasteiger partial charge on any atom is 0.0531 e. The van der Waals surface area contributed by atoms with E-state index in [4.69, 9.17) is 0 Å². The Morgan fingerprint density at radius 1 is 0.465 bits per heavy atom. The zero-order valence-electron chi connectivity index (χ0n) is 23.9. The molecule has 0 saturated carbocycles. The van der Waals surface area contributed by atoms with Crippen molar-refractivity contribution in [1.82, 2.24) is 4.57 Å². The third-order valence-electron chi connectivity index (χ3n) is 8.73. The minimum absolute atomic E-state index is 0.322. The Balaban J connectivity index is 1.47. The molecule has 1 aromatic heterocycles. The molecule has 204 valence electrons. The fourth-order valence-electron chi connectivity index (χ4n) is 6.80. The fourth-order valence-corrected chi connectivity index (χ4v) is 6.80. The molecule has 1 aliphatic carbocycles. The molecule has 0 fully saturated rings. The Hall–Kier alpha value is -5.40. The van der Waals surface area contributed by atoms with Crippen LogP contribution in [0.2, 0.25) is 0 Å². The first-order chi connectivity index (χ1) is 21.4. The van der Waals surface area contributed by atoms with Crippen molar-refractivity contribution in [3.63, 3.8) is 0 Å². The summed E-state index contributed by atoms with van der Waals surface area (Å²) in [5.41, 5.74) is 9.96. The number of nitrogens with zero attached hydrogens (tertiary/aromatic N) is 1. The van der Waals surface area contributed by atoms with Crippen molar-refractivity contribution in [3.8, 4) is 39.2 Å². The Bertz CT molecular complexity index is 2130. The first-order valence-electron chi connectivity index (χ1n) is 15.1. The van der Waals surface area contributed by atoms with Crippen LogP contribution >= 0.6 is 0 Å².